The van der Waals surface area contributed by atoms with Crippen molar-refractivity contribution in [1.29, 1.82) is 0 Å². The molecule has 1 saturated carbocycles. The molecule has 2 atom stereocenters. The van der Waals surface area contributed by atoms with Gasteiger partial charge in [-0.3, -0.25) is 14.7 Å². The summed E-state index contributed by atoms with van der Waals surface area (Å²) in [6.45, 7) is 3.00. The van der Waals surface area contributed by atoms with Gasteiger partial charge in [0.05, 0.1) is 34.1 Å². The monoisotopic (exact) mass is 493 g/mol. The number of alkyl halides is 1. The molecule has 6 nitrogen and oxygen atoms in total. The third-order valence-electron chi connectivity index (χ3n) is 7.42. The second-order valence-electron chi connectivity index (χ2n) is 9.66. The number of likely N-dealkylation sites (tertiary alicyclic amines) is 1. The highest BCUT2D eigenvalue weighted by molar-refractivity contribution is 6.11. The highest BCUT2D eigenvalue weighted by Crippen LogP contribution is 2.49. The number of amides is 1. The number of benzene rings is 2. The fourth-order valence-electron chi connectivity index (χ4n) is 5.13. The molecular formula is C27H32FN3O3Si. The molecule has 1 aliphatic carbocycles. The standard InChI is InChI=1S/C27H32FN3O3Si/c1-17-5-6-18(34-26(35)24-7-12-31(24)13-10-28)14-21(17)25(32)30-27(8-9-27)22-15-19(33-2)16-23-20(22)4-3-11-29-23/h3-6,11,14-16,24,26H,7-10,12-13H2,1-2,35H3,(H,30,32)/t24-,26?/m0/s1. The van der Waals surface area contributed by atoms with E-state index in [0.717, 1.165) is 63.8 Å². The molecule has 184 valence electrons. The first-order valence-corrected chi connectivity index (χ1v) is 13.4. The van der Waals surface area contributed by atoms with Gasteiger partial charge in [0.25, 0.3) is 5.91 Å². The Hall–Kier alpha value is -2.97. The number of halogens is 1. The molecule has 1 unspecified atom stereocenters. The topological polar surface area (TPSA) is 63.7 Å². The number of fused-ring (bicyclic) bond motifs is 1. The number of hydrogen-bond acceptors (Lipinski definition) is 5. The normalized spacial score (nSPS) is 19.7. The predicted molar refractivity (Wildman–Crippen MR) is 138 cm³/mol. The number of nitrogens with zero attached hydrogens (tertiary/aromatic N) is 2. The van der Waals surface area contributed by atoms with Crippen molar-refractivity contribution in [1.82, 2.24) is 15.2 Å². The van der Waals surface area contributed by atoms with Crippen LogP contribution in [0.5, 0.6) is 11.5 Å². The molecule has 2 fully saturated rings. The average molecular weight is 494 g/mol. The Bertz CT molecular complexity index is 1250. The van der Waals surface area contributed by atoms with E-state index in [0.29, 0.717) is 17.9 Å². The predicted octanol–water partition coefficient (Wildman–Crippen LogP) is 3.09. The molecule has 0 radical (unpaired) electrons. The van der Waals surface area contributed by atoms with Crippen LogP contribution in [0.1, 0.15) is 40.7 Å². The Labute approximate surface area is 208 Å². The summed E-state index contributed by atoms with van der Waals surface area (Å²) < 4.78 is 24.5. The molecule has 8 heteroatoms. The molecular weight excluding hydrogens is 461 g/mol. The van der Waals surface area contributed by atoms with E-state index in [9.17, 15) is 9.18 Å². The first-order valence-electron chi connectivity index (χ1n) is 12.3. The van der Waals surface area contributed by atoms with Gasteiger partial charge in [-0.15, -0.1) is 0 Å². The number of aromatic nitrogens is 1. The van der Waals surface area contributed by atoms with E-state index in [1.54, 1.807) is 13.3 Å². The molecule has 1 saturated heterocycles. The Morgan fingerprint density at radius 3 is 2.80 bits per heavy atom. The molecule has 2 heterocycles. The van der Waals surface area contributed by atoms with Gasteiger partial charge in [0.1, 0.15) is 18.2 Å². The number of aryl methyl sites for hydroxylation is 1. The van der Waals surface area contributed by atoms with Crippen molar-refractivity contribution in [3.63, 3.8) is 0 Å². The van der Waals surface area contributed by atoms with E-state index in [1.807, 2.05) is 49.4 Å². The minimum Gasteiger partial charge on any atom is -0.497 e. The van der Waals surface area contributed by atoms with Crippen LogP contribution in [0.3, 0.4) is 0 Å². The van der Waals surface area contributed by atoms with Crippen molar-refractivity contribution in [2.75, 3.05) is 26.9 Å². The number of hydrogen-bond donors (Lipinski definition) is 1. The largest absolute Gasteiger partial charge is 0.497 e. The van der Waals surface area contributed by atoms with Gasteiger partial charge in [-0.25, -0.2) is 4.39 Å². The van der Waals surface area contributed by atoms with Crippen molar-refractivity contribution in [3.8, 4) is 11.5 Å². The van der Waals surface area contributed by atoms with Crippen molar-refractivity contribution in [2.24, 2.45) is 0 Å². The van der Waals surface area contributed by atoms with E-state index in [4.69, 9.17) is 9.47 Å². The molecule has 3 aromatic rings. The fourth-order valence-corrected chi connectivity index (χ4v) is 6.16. The highest BCUT2D eigenvalue weighted by atomic mass is 28.1. The van der Waals surface area contributed by atoms with Crippen molar-refractivity contribution < 1.29 is 18.7 Å². The van der Waals surface area contributed by atoms with E-state index < -0.39 is 5.54 Å². The maximum Gasteiger partial charge on any atom is 0.252 e. The minimum absolute atomic E-state index is 0.0549. The van der Waals surface area contributed by atoms with Crippen LogP contribution in [-0.4, -0.2) is 64.7 Å². The zero-order valence-corrected chi connectivity index (χ0v) is 22.5. The first-order chi connectivity index (χ1) is 16.9. The molecule has 1 N–H and O–H groups in total. The first kappa shape index (κ1) is 23.8. The molecule has 1 aliphatic heterocycles. The number of carbonyl (C=O) groups excluding carboxylic acids is 1. The summed E-state index contributed by atoms with van der Waals surface area (Å²) in [5.41, 5.74) is 3.02. The summed E-state index contributed by atoms with van der Waals surface area (Å²) in [5.74, 6) is 1.31. The van der Waals surface area contributed by atoms with Crippen LogP contribution >= 0.6 is 0 Å². The number of rotatable bonds is 9. The summed E-state index contributed by atoms with van der Waals surface area (Å²) in [6, 6.07) is 13.9. The van der Waals surface area contributed by atoms with Gasteiger partial charge >= 0.3 is 0 Å². The van der Waals surface area contributed by atoms with E-state index in [2.05, 4.69) is 15.2 Å². The maximum absolute atomic E-state index is 13.5. The number of methoxy groups -OCH3 is 1. The Kier molecular flexibility index (Phi) is 6.50. The van der Waals surface area contributed by atoms with Gasteiger partial charge in [-0.05, 0) is 61.6 Å². The highest BCUT2D eigenvalue weighted by Gasteiger charge is 2.47. The zero-order chi connectivity index (χ0) is 24.6. The number of pyridine rings is 1. The SMILES string of the molecule is COc1cc(C2(NC(=O)c3cc(OC([SiH3])[C@@H]4CCN4CCF)ccc3C)CC2)c2cccnc2c1. The van der Waals surface area contributed by atoms with Gasteiger partial charge < -0.3 is 14.8 Å². The molecule has 2 aromatic carbocycles. The van der Waals surface area contributed by atoms with E-state index >= 15 is 0 Å². The molecule has 0 bridgehead atoms. The van der Waals surface area contributed by atoms with Crippen LogP contribution in [-0.2, 0) is 5.54 Å². The zero-order valence-electron chi connectivity index (χ0n) is 20.5. The summed E-state index contributed by atoms with van der Waals surface area (Å²) in [7, 11) is 2.47. The molecule has 1 amide bonds. The third kappa shape index (κ3) is 4.64. The lowest BCUT2D eigenvalue weighted by Gasteiger charge is -2.43. The van der Waals surface area contributed by atoms with Gasteiger partial charge in [0, 0.05) is 42.3 Å². The van der Waals surface area contributed by atoms with Gasteiger partial charge in [0.2, 0.25) is 0 Å². The van der Waals surface area contributed by atoms with Crippen LogP contribution < -0.4 is 14.8 Å². The number of ether oxygens (including phenoxy) is 2. The summed E-state index contributed by atoms with van der Waals surface area (Å²) in [5, 5.41) is 4.34. The summed E-state index contributed by atoms with van der Waals surface area (Å²) in [4.78, 5) is 20.1. The lowest BCUT2D eigenvalue weighted by Crippen LogP contribution is -2.56. The van der Waals surface area contributed by atoms with Gasteiger partial charge in [0.15, 0.2) is 0 Å². The maximum atomic E-state index is 13.5. The second-order valence-corrected chi connectivity index (χ2v) is 10.8. The smallest absolute Gasteiger partial charge is 0.252 e. The lowest BCUT2D eigenvalue weighted by molar-refractivity contribution is 0.0285. The number of carbonyl (C=O) groups is 1. The fraction of sp³-hybridized carbons (Fsp3) is 0.407. The lowest BCUT2D eigenvalue weighted by atomic mass is 9.97. The van der Waals surface area contributed by atoms with Crippen LogP contribution in [0.4, 0.5) is 4.39 Å². The van der Waals surface area contributed by atoms with Gasteiger partial charge in [-0.1, -0.05) is 12.1 Å². The molecule has 5 rings (SSSR count). The third-order valence-corrected chi connectivity index (χ3v) is 8.42. The molecule has 0 spiro atoms. The van der Waals surface area contributed by atoms with Crippen LogP contribution in [0.25, 0.3) is 10.9 Å². The van der Waals surface area contributed by atoms with E-state index in [-0.39, 0.29) is 24.4 Å². The number of nitrogens with one attached hydrogen (secondary N) is 1. The Morgan fingerprint density at radius 2 is 2.11 bits per heavy atom. The van der Waals surface area contributed by atoms with Crippen LogP contribution in [0, 0.1) is 6.92 Å². The van der Waals surface area contributed by atoms with Crippen molar-refractivity contribution in [3.05, 3.63) is 65.4 Å². The summed E-state index contributed by atoms with van der Waals surface area (Å²) >= 11 is 0. The molecule has 2 aliphatic rings. The average Bonchev–Trinajstić information content (AvgIpc) is 3.62. The van der Waals surface area contributed by atoms with Crippen LogP contribution in [0.15, 0.2) is 48.7 Å². The van der Waals surface area contributed by atoms with E-state index in [1.165, 1.54) is 0 Å². The Balaban J connectivity index is 1.36. The van der Waals surface area contributed by atoms with Crippen molar-refractivity contribution in [2.45, 2.75) is 43.5 Å². The molecule has 35 heavy (non-hydrogen) atoms. The van der Waals surface area contributed by atoms with Crippen LogP contribution in [0.2, 0.25) is 0 Å². The summed E-state index contributed by atoms with van der Waals surface area (Å²) in [6.07, 6.45) is 4.52. The Morgan fingerprint density at radius 1 is 1.29 bits per heavy atom. The van der Waals surface area contributed by atoms with Crippen molar-refractivity contribution >= 4 is 27.1 Å². The van der Waals surface area contributed by atoms with Gasteiger partial charge in [-0.2, -0.15) is 0 Å². The quantitative estimate of drug-likeness (QED) is 0.464. The molecule has 1 aromatic heterocycles. The second kappa shape index (κ2) is 9.58. The minimum atomic E-state index is -0.435.